The molecule has 3 unspecified atom stereocenters. The molecule has 1 aromatic heterocycles. The molecule has 5 heteroatoms. The number of aliphatic imine (C=N–C) groups is 2. The van der Waals surface area contributed by atoms with Gasteiger partial charge in [0.15, 0.2) is 6.17 Å². The van der Waals surface area contributed by atoms with Gasteiger partial charge in [-0.05, 0) is 23.8 Å². The van der Waals surface area contributed by atoms with E-state index in [0.717, 1.165) is 45.1 Å². The zero-order valence-corrected chi connectivity index (χ0v) is 25.6. The summed E-state index contributed by atoms with van der Waals surface area (Å²) in [4.78, 5) is 17.9. The van der Waals surface area contributed by atoms with Crippen molar-refractivity contribution in [1.82, 2.24) is 10.3 Å². The van der Waals surface area contributed by atoms with Crippen LogP contribution in [-0.4, -0.2) is 22.7 Å². The number of aromatic nitrogens is 1. The molecule has 0 amide bonds. The number of benzene rings is 5. The molecule has 0 bridgehead atoms. The highest BCUT2D eigenvalue weighted by Gasteiger charge is 2.41. The molecular weight excluding hydrogens is 574 g/mol. The number of hydrogen-bond acceptors (Lipinski definition) is 5. The average molecular weight is 606 g/mol. The van der Waals surface area contributed by atoms with Crippen molar-refractivity contribution >= 4 is 33.9 Å². The maximum Gasteiger partial charge on any atom is 0.169 e. The zero-order chi connectivity index (χ0) is 31.2. The minimum atomic E-state index is -0.334. The Bertz CT molecular complexity index is 2220. The fraction of sp³-hybridized carbons (Fsp3) is 0.0714. The summed E-state index contributed by atoms with van der Waals surface area (Å²) in [5, 5.41) is 4.70. The van der Waals surface area contributed by atoms with Gasteiger partial charge < -0.3 is 10.2 Å². The van der Waals surface area contributed by atoms with Crippen molar-refractivity contribution in [3.63, 3.8) is 0 Å². The summed E-state index contributed by atoms with van der Waals surface area (Å²) in [5.41, 5.74) is 9.86. The Balaban J connectivity index is 1.15. The van der Waals surface area contributed by atoms with Gasteiger partial charge in [-0.3, -0.25) is 0 Å². The summed E-state index contributed by atoms with van der Waals surface area (Å²) in [6, 6.07) is 48.6. The predicted octanol–water partition coefficient (Wildman–Crippen LogP) is 9.13. The van der Waals surface area contributed by atoms with Gasteiger partial charge in [0.2, 0.25) is 0 Å². The maximum atomic E-state index is 5.33. The van der Waals surface area contributed by atoms with Crippen molar-refractivity contribution in [3.8, 4) is 11.3 Å². The highest BCUT2D eigenvalue weighted by Crippen LogP contribution is 2.53. The molecule has 0 saturated carbocycles. The summed E-state index contributed by atoms with van der Waals surface area (Å²) in [6.07, 6.45) is 8.65. The van der Waals surface area contributed by atoms with Crippen LogP contribution in [0.4, 0.5) is 11.4 Å². The van der Waals surface area contributed by atoms with E-state index in [0.29, 0.717) is 0 Å². The first kappa shape index (κ1) is 27.3. The SMILES string of the molecule is C1=CC2c3c(-c4ccc(C5=NC(c6ccccc6)N=C(c6ccccc6)N5)cc4)nc4ccccc4c3N(c3ccccc3)C2C=C1. The first-order valence-corrected chi connectivity index (χ1v) is 16.1. The molecular formula is C42H31N5. The van der Waals surface area contributed by atoms with Crippen molar-refractivity contribution in [2.24, 2.45) is 9.98 Å². The first-order chi connectivity index (χ1) is 23.3. The summed E-state index contributed by atoms with van der Waals surface area (Å²) in [7, 11) is 0. The molecule has 47 heavy (non-hydrogen) atoms. The second-order valence-corrected chi connectivity index (χ2v) is 12.0. The van der Waals surface area contributed by atoms with Crippen molar-refractivity contribution in [3.05, 3.63) is 186 Å². The van der Waals surface area contributed by atoms with Crippen LogP contribution in [0.1, 0.15) is 34.3 Å². The lowest BCUT2D eigenvalue weighted by Gasteiger charge is -2.29. The second kappa shape index (κ2) is 11.4. The second-order valence-electron chi connectivity index (χ2n) is 12.0. The van der Waals surface area contributed by atoms with Gasteiger partial charge in [-0.1, -0.05) is 146 Å². The molecule has 3 aliphatic rings. The van der Waals surface area contributed by atoms with Crippen LogP contribution in [0.2, 0.25) is 0 Å². The monoisotopic (exact) mass is 605 g/mol. The van der Waals surface area contributed by atoms with E-state index in [9.17, 15) is 0 Å². The van der Waals surface area contributed by atoms with Gasteiger partial charge >= 0.3 is 0 Å². The topological polar surface area (TPSA) is 52.9 Å². The van der Waals surface area contributed by atoms with E-state index in [1.54, 1.807) is 0 Å². The average Bonchev–Trinajstić information content (AvgIpc) is 3.51. The van der Waals surface area contributed by atoms with E-state index in [4.69, 9.17) is 15.0 Å². The Labute approximate surface area is 274 Å². The van der Waals surface area contributed by atoms with Crippen LogP contribution in [0, 0.1) is 0 Å². The van der Waals surface area contributed by atoms with Crippen LogP contribution in [0.5, 0.6) is 0 Å². The number of para-hydroxylation sites is 2. The van der Waals surface area contributed by atoms with Gasteiger partial charge in [0.25, 0.3) is 0 Å². The first-order valence-electron chi connectivity index (χ1n) is 16.1. The normalized spacial score (nSPS) is 19.5. The van der Waals surface area contributed by atoms with Gasteiger partial charge in [0.05, 0.1) is 22.9 Å². The molecule has 5 nitrogen and oxygen atoms in total. The highest BCUT2D eigenvalue weighted by molar-refractivity contribution is 6.16. The Hall–Kier alpha value is -6.07. The smallest absolute Gasteiger partial charge is 0.169 e. The number of fused-ring (bicyclic) bond motifs is 5. The summed E-state index contributed by atoms with van der Waals surface area (Å²) >= 11 is 0. The van der Waals surface area contributed by atoms with Crippen LogP contribution in [0.3, 0.4) is 0 Å². The van der Waals surface area contributed by atoms with E-state index in [1.807, 2.05) is 36.4 Å². The summed E-state index contributed by atoms with van der Waals surface area (Å²) < 4.78 is 0. The number of allylic oxidation sites excluding steroid dienone is 2. The van der Waals surface area contributed by atoms with Crippen LogP contribution in [0.25, 0.3) is 22.2 Å². The molecule has 1 N–H and O–H groups in total. The van der Waals surface area contributed by atoms with E-state index in [1.165, 1.54) is 22.3 Å². The van der Waals surface area contributed by atoms with Crippen LogP contribution >= 0.6 is 0 Å². The summed E-state index contributed by atoms with van der Waals surface area (Å²) in [5.74, 6) is 1.79. The van der Waals surface area contributed by atoms with Crippen LogP contribution in [0.15, 0.2) is 174 Å². The van der Waals surface area contributed by atoms with E-state index in [2.05, 4.69) is 138 Å². The van der Waals surface area contributed by atoms with Crippen molar-refractivity contribution in [1.29, 1.82) is 0 Å². The zero-order valence-electron chi connectivity index (χ0n) is 25.6. The molecule has 3 heterocycles. The van der Waals surface area contributed by atoms with Gasteiger partial charge in [-0.15, -0.1) is 0 Å². The lowest BCUT2D eigenvalue weighted by Crippen LogP contribution is -2.36. The lowest BCUT2D eigenvalue weighted by molar-refractivity contribution is 0.745. The molecule has 3 atom stereocenters. The minimum Gasteiger partial charge on any atom is -0.333 e. The maximum absolute atomic E-state index is 5.33. The third kappa shape index (κ3) is 4.75. The third-order valence-electron chi connectivity index (χ3n) is 9.23. The number of rotatable bonds is 5. The molecule has 6 aromatic rings. The molecule has 0 fully saturated rings. The number of nitrogens with zero attached hydrogens (tertiary/aromatic N) is 4. The number of pyridine rings is 1. The van der Waals surface area contributed by atoms with Gasteiger partial charge in [-0.2, -0.15) is 0 Å². The van der Waals surface area contributed by atoms with Crippen molar-refractivity contribution < 1.29 is 0 Å². The Morgan fingerprint density at radius 1 is 0.553 bits per heavy atom. The Morgan fingerprint density at radius 2 is 1.15 bits per heavy atom. The number of anilines is 2. The van der Waals surface area contributed by atoms with Crippen LogP contribution in [-0.2, 0) is 0 Å². The molecule has 5 aromatic carbocycles. The molecule has 0 saturated heterocycles. The number of nitrogens with one attached hydrogen (secondary N) is 1. The molecule has 9 rings (SSSR count). The molecule has 0 radical (unpaired) electrons. The van der Waals surface area contributed by atoms with Gasteiger partial charge in [-0.25, -0.2) is 15.0 Å². The van der Waals surface area contributed by atoms with Gasteiger partial charge in [0.1, 0.15) is 11.7 Å². The number of amidine groups is 2. The molecule has 224 valence electrons. The molecule has 0 spiro atoms. The third-order valence-corrected chi connectivity index (χ3v) is 9.23. The van der Waals surface area contributed by atoms with Crippen molar-refractivity contribution in [2.45, 2.75) is 18.1 Å². The number of hydrogen-bond donors (Lipinski definition) is 1. The fourth-order valence-corrected chi connectivity index (χ4v) is 7.05. The minimum absolute atomic E-state index is 0.175. The summed E-state index contributed by atoms with van der Waals surface area (Å²) in [6.45, 7) is 0. The lowest BCUT2D eigenvalue weighted by atomic mass is 9.88. The standard InChI is InChI=1S/C42H31N5/c1-4-14-29(15-5-1)40-44-41(30-16-6-2-7-17-30)46-42(45-40)31-26-24-28(25-27-31)38-37-34-21-11-13-23-36(34)47(32-18-8-3-9-19-32)39(37)33-20-10-12-22-35(33)43-38/h1-27,34,36,40H,(H,44,45,46). The Morgan fingerprint density at radius 3 is 1.89 bits per heavy atom. The largest absolute Gasteiger partial charge is 0.333 e. The van der Waals surface area contributed by atoms with Crippen LogP contribution < -0.4 is 10.2 Å². The van der Waals surface area contributed by atoms with E-state index < -0.39 is 0 Å². The fourth-order valence-electron chi connectivity index (χ4n) is 7.05. The highest BCUT2D eigenvalue weighted by atomic mass is 15.2. The quantitative estimate of drug-likeness (QED) is 0.213. The molecule has 1 aliphatic carbocycles. The van der Waals surface area contributed by atoms with E-state index >= 15 is 0 Å². The predicted molar refractivity (Wildman–Crippen MR) is 192 cm³/mol. The van der Waals surface area contributed by atoms with Gasteiger partial charge in [0, 0.05) is 39.2 Å². The Kier molecular flexibility index (Phi) is 6.60. The van der Waals surface area contributed by atoms with E-state index in [-0.39, 0.29) is 18.1 Å². The van der Waals surface area contributed by atoms with Crippen molar-refractivity contribution in [2.75, 3.05) is 4.90 Å². The molecule has 2 aliphatic heterocycles.